The molecule has 2 saturated heterocycles. The summed E-state index contributed by atoms with van der Waals surface area (Å²) in [5.74, 6) is 0.316. The van der Waals surface area contributed by atoms with Crippen LogP contribution in [-0.4, -0.2) is 54.5 Å². The summed E-state index contributed by atoms with van der Waals surface area (Å²) in [5, 5.41) is 3.37. The SMILES string of the molecule is CN1C2CCC1CN(C(=O)C1CNc3ccccc31)CC2. The fraction of sp³-hybridized carbons (Fsp3) is 0.588. The first-order valence-electron chi connectivity index (χ1n) is 8.07. The topological polar surface area (TPSA) is 35.6 Å². The molecule has 112 valence electrons. The number of anilines is 1. The van der Waals surface area contributed by atoms with E-state index in [0.717, 1.165) is 31.7 Å². The predicted molar refractivity (Wildman–Crippen MR) is 83.4 cm³/mol. The van der Waals surface area contributed by atoms with Crippen molar-refractivity contribution in [2.24, 2.45) is 0 Å². The molecule has 0 radical (unpaired) electrons. The molecule has 3 heterocycles. The number of rotatable bonds is 1. The van der Waals surface area contributed by atoms with Crippen molar-refractivity contribution < 1.29 is 4.79 Å². The minimum Gasteiger partial charge on any atom is -0.384 e. The summed E-state index contributed by atoms with van der Waals surface area (Å²) >= 11 is 0. The quantitative estimate of drug-likeness (QED) is 0.856. The standard InChI is InChI=1S/C17H23N3O/c1-19-12-6-7-13(19)11-20(9-8-12)17(21)15-10-18-16-5-3-2-4-14(15)16/h2-5,12-13,15,18H,6-11H2,1H3. The zero-order valence-electron chi connectivity index (χ0n) is 12.6. The van der Waals surface area contributed by atoms with Crippen LogP contribution >= 0.6 is 0 Å². The van der Waals surface area contributed by atoms with E-state index in [0.29, 0.717) is 18.0 Å². The van der Waals surface area contributed by atoms with E-state index >= 15 is 0 Å². The molecule has 2 bridgehead atoms. The molecule has 3 unspecified atom stereocenters. The zero-order chi connectivity index (χ0) is 14.4. The number of likely N-dealkylation sites (tertiary alicyclic amines) is 1. The van der Waals surface area contributed by atoms with Gasteiger partial charge in [0.25, 0.3) is 0 Å². The van der Waals surface area contributed by atoms with Crippen molar-refractivity contribution in [3.05, 3.63) is 29.8 Å². The van der Waals surface area contributed by atoms with Crippen LogP contribution in [0.1, 0.15) is 30.7 Å². The van der Waals surface area contributed by atoms with Gasteiger partial charge in [-0.05, 0) is 37.9 Å². The maximum absolute atomic E-state index is 13.0. The van der Waals surface area contributed by atoms with Gasteiger partial charge in [0.15, 0.2) is 0 Å². The van der Waals surface area contributed by atoms with E-state index in [4.69, 9.17) is 0 Å². The largest absolute Gasteiger partial charge is 0.384 e. The van der Waals surface area contributed by atoms with E-state index in [2.05, 4.69) is 34.3 Å². The van der Waals surface area contributed by atoms with Crippen molar-refractivity contribution in [2.75, 3.05) is 32.0 Å². The first-order valence-corrected chi connectivity index (χ1v) is 8.07. The highest BCUT2D eigenvalue weighted by atomic mass is 16.2. The van der Waals surface area contributed by atoms with Crippen LogP contribution in [0, 0.1) is 0 Å². The van der Waals surface area contributed by atoms with Crippen LogP contribution in [-0.2, 0) is 4.79 Å². The second kappa shape index (κ2) is 5.02. The van der Waals surface area contributed by atoms with Crippen LogP contribution in [0.25, 0.3) is 0 Å². The van der Waals surface area contributed by atoms with Gasteiger partial charge in [0.05, 0.1) is 5.92 Å². The smallest absolute Gasteiger partial charge is 0.232 e. The Kier molecular flexibility index (Phi) is 3.14. The molecule has 4 nitrogen and oxygen atoms in total. The van der Waals surface area contributed by atoms with Gasteiger partial charge in [-0.15, -0.1) is 0 Å². The lowest BCUT2D eigenvalue weighted by Crippen LogP contribution is -2.42. The van der Waals surface area contributed by atoms with Crippen LogP contribution in [0.15, 0.2) is 24.3 Å². The lowest BCUT2D eigenvalue weighted by atomic mass is 9.99. The third-order valence-electron chi connectivity index (χ3n) is 5.59. The molecule has 1 amide bonds. The number of likely N-dealkylation sites (N-methyl/N-ethyl adjacent to an activating group) is 1. The predicted octanol–water partition coefficient (Wildman–Crippen LogP) is 1.89. The number of fused-ring (bicyclic) bond motifs is 3. The van der Waals surface area contributed by atoms with Crippen LogP contribution in [0.2, 0.25) is 0 Å². The maximum Gasteiger partial charge on any atom is 0.232 e. The average Bonchev–Trinajstić information content (AvgIpc) is 3.00. The molecule has 0 aromatic heterocycles. The molecule has 4 rings (SSSR count). The molecule has 3 aliphatic rings. The Morgan fingerprint density at radius 3 is 2.90 bits per heavy atom. The van der Waals surface area contributed by atoms with Gasteiger partial charge in [0.1, 0.15) is 0 Å². The number of benzene rings is 1. The van der Waals surface area contributed by atoms with Crippen LogP contribution in [0.5, 0.6) is 0 Å². The molecule has 0 aliphatic carbocycles. The Balaban J connectivity index is 1.53. The van der Waals surface area contributed by atoms with E-state index in [1.54, 1.807) is 0 Å². The number of carbonyl (C=O) groups excluding carboxylic acids is 1. The molecule has 1 N–H and O–H groups in total. The number of para-hydroxylation sites is 1. The minimum absolute atomic E-state index is 0.00290. The van der Waals surface area contributed by atoms with Crippen LogP contribution < -0.4 is 5.32 Å². The highest BCUT2D eigenvalue weighted by Crippen LogP contribution is 2.34. The van der Waals surface area contributed by atoms with Crippen LogP contribution in [0.4, 0.5) is 5.69 Å². The molecule has 1 aromatic carbocycles. The lowest BCUT2D eigenvalue weighted by Gasteiger charge is -2.28. The van der Waals surface area contributed by atoms with Gasteiger partial charge < -0.3 is 10.2 Å². The summed E-state index contributed by atoms with van der Waals surface area (Å²) in [6.45, 7) is 2.58. The number of carbonyl (C=O) groups is 1. The van der Waals surface area contributed by atoms with E-state index in [-0.39, 0.29) is 5.92 Å². The summed E-state index contributed by atoms with van der Waals surface area (Å²) < 4.78 is 0. The van der Waals surface area contributed by atoms with Gasteiger partial charge in [0.2, 0.25) is 5.91 Å². The summed E-state index contributed by atoms with van der Waals surface area (Å²) in [7, 11) is 2.22. The van der Waals surface area contributed by atoms with E-state index in [9.17, 15) is 4.79 Å². The van der Waals surface area contributed by atoms with E-state index in [1.807, 2.05) is 12.1 Å². The van der Waals surface area contributed by atoms with Crippen molar-refractivity contribution in [3.8, 4) is 0 Å². The summed E-state index contributed by atoms with van der Waals surface area (Å²) in [5.41, 5.74) is 2.30. The molecule has 3 atom stereocenters. The van der Waals surface area contributed by atoms with Gasteiger partial charge >= 0.3 is 0 Å². The van der Waals surface area contributed by atoms with Crippen molar-refractivity contribution in [3.63, 3.8) is 0 Å². The first kappa shape index (κ1) is 13.1. The fourth-order valence-electron chi connectivity index (χ4n) is 4.23. The normalized spacial score (nSPS) is 31.7. The number of hydrogen-bond acceptors (Lipinski definition) is 3. The van der Waals surface area contributed by atoms with Gasteiger partial charge in [-0.3, -0.25) is 9.69 Å². The maximum atomic E-state index is 13.0. The highest BCUT2D eigenvalue weighted by Gasteiger charge is 2.38. The monoisotopic (exact) mass is 285 g/mol. The molecular formula is C17H23N3O. The highest BCUT2D eigenvalue weighted by molar-refractivity contribution is 5.88. The molecule has 1 aromatic rings. The number of nitrogens with one attached hydrogen (secondary N) is 1. The van der Waals surface area contributed by atoms with Gasteiger partial charge in [-0.1, -0.05) is 18.2 Å². The number of hydrogen-bond donors (Lipinski definition) is 1. The van der Waals surface area contributed by atoms with E-state index < -0.39 is 0 Å². The van der Waals surface area contributed by atoms with Crippen molar-refractivity contribution >= 4 is 11.6 Å². The Bertz CT molecular complexity index is 559. The van der Waals surface area contributed by atoms with Gasteiger partial charge in [-0.2, -0.15) is 0 Å². The lowest BCUT2D eigenvalue weighted by molar-refractivity contribution is -0.132. The minimum atomic E-state index is 0.00290. The first-order chi connectivity index (χ1) is 10.2. The fourth-order valence-corrected chi connectivity index (χ4v) is 4.23. The average molecular weight is 285 g/mol. The molecule has 0 spiro atoms. The second-order valence-corrected chi connectivity index (χ2v) is 6.64. The summed E-state index contributed by atoms with van der Waals surface area (Å²) in [6.07, 6.45) is 3.67. The molecule has 21 heavy (non-hydrogen) atoms. The van der Waals surface area contributed by atoms with Crippen molar-refractivity contribution in [2.45, 2.75) is 37.3 Å². The Hall–Kier alpha value is -1.55. The molecule has 0 saturated carbocycles. The Labute approximate surface area is 126 Å². The van der Waals surface area contributed by atoms with Crippen molar-refractivity contribution in [1.82, 2.24) is 9.80 Å². The van der Waals surface area contributed by atoms with Crippen LogP contribution in [0.3, 0.4) is 0 Å². The third kappa shape index (κ3) is 2.13. The molecule has 2 fully saturated rings. The van der Waals surface area contributed by atoms with Crippen molar-refractivity contribution in [1.29, 1.82) is 0 Å². The Morgan fingerprint density at radius 1 is 1.19 bits per heavy atom. The summed E-state index contributed by atoms with van der Waals surface area (Å²) in [6, 6.07) is 9.46. The van der Waals surface area contributed by atoms with Gasteiger partial charge in [-0.25, -0.2) is 0 Å². The number of amides is 1. The molecule has 4 heteroatoms. The molecule has 3 aliphatic heterocycles. The van der Waals surface area contributed by atoms with Gasteiger partial charge in [0, 0.05) is 37.4 Å². The Morgan fingerprint density at radius 2 is 2.00 bits per heavy atom. The summed E-state index contributed by atoms with van der Waals surface area (Å²) in [4.78, 5) is 17.6. The second-order valence-electron chi connectivity index (χ2n) is 6.64. The molecular weight excluding hydrogens is 262 g/mol. The van der Waals surface area contributed by atoms with E-state index in [1.165, 1.54) is 18.4 Å². The zero-order valence-corrected chi connectivity index (χ0v) is 12.6. The third-order valence-corrected chi connectivity index (χ3v) is 5.59. The number of nitrogens with zero attached hydrogens (tertiary/aromatic N) is 2.